The van der Waals surface area contributed by atoms with Gasteiger partial charge < -0.3 is 0 Å². The number of rotatable bonds is 2. The van der Waals surface area contributed by atoms with Crippen molar-refractivity contribution in [2.24, 2.45) is 0 Å². The second-order valence-electron chi connectivity index (χ2n) is 5.89. The maximum atomic E-state index is 2.26. The van der Waals surface area contributed by atoms with E-state index in [2.05, 4.69) is 97.9 Å². The van der Waals surface area contributed by atoms with E-state index in [0.29, 0.717) is 0 Å². The summed E-state index contributed by atoms with van der Waals surface area (Å²) in [6, 6.07) is 32.4. The lowest BCUT2D eigenvalue weighted by Crippen LogP contribution is -1.89. The van der Waals surface area contributed by atoms with Gasteiger partial charge in [0, 0.05) is 0 Å². The van der Waals surface area contributed by atoms with Gasteiger partial charge in [-0.1, -0.05) is 91.0 Å². The molecular weight excluding hydrogens is 276 g/mol. The maximum Gasteiger partial charge on any atom is -0.00267 e. The Morgan fingerprint density at radius 1 is 0.478 bits per heavy atom. The molecule has 0 saturated heterocycles. The second-order valence-corrected chi connectivity index (χ2v) is 5.89. The van der Waals surface area contributed by atoms with Crippen LogP contribution >= 0.6 is 0 Å². The molecule has 0 aliphatic rings. The average molecular weight is 294 g/mol. The quantitative estimate of drug-likeness (QED) is 0.397. The van der Waals surface area contributed by atoms with Crippen LogP contribution in [0.1, 0.15) is 5.56 Å². The first kappa shape index (κ1) is 13.8. The number of benzene rings is 4. The Morgan fingerprint density at radius 2 is 1.13 bits per heavy atom. The van der Waals surface area contributed by atoms with Gasteiger partial charge in [0.25, 0.3) is 0 Å². The topological polar surface area (TPSA) is 0 Å². The molecular formula is C23H18. The van der Waals surface area contributed by atoms with Crippen LogP contribution < -0.4 is 0 Å². The van der Waals surface area contributed by atoms with Gasteiger partial charge in [0.15, 0.2) is 0 Å². The minimum absolute atomic E-state index is 1.26. The molecule has 0 unspecified atom stereocenters. The van der Waals surface area contributed by atoms with Crippen molar-refractivity contribution < 1.29 is 0 Å². The SMILES string of the molecule is Cc1cccc2c(-c3ccccc3)c(-c3ccccc3)ccc12. The molecule has 0 heteroatoms. The van der Waals surface area contributed by atoms with Crippen molar-refractivity contribution in [2.75, 3.05) is 0 Å². The molecule has 0 aliphatic carbocycles. The van der Waals surface area contributed by atoms with Gasteiger partial charge in [0.05, 0.1) is 0 Å². The lowest BCUT2D eigenvalue weighted by molar-refractivity contribution is 1.52. The first-order valence-electron chi connectivity index (χ1n) is 7.98. The summed E-state index contributed by atoms with van der Waals surface area (Å²) in [7, 11) is 0. The van der Waals surface area contributed by atoms with E-state index in [1.54, 1.807) is 0 Å². The van der Waals surface area contributed by atoms with Crippen molar-refractivity contribution in [3.8, 4) is 22.3 Å². The number of aryl methyl sites for hydroxylation is 1. The highest BCUT2D eigenvalue weighted by atomic mass is 14.2. The Hall–Kier alpha value is -2.86. The zero-order valence-electron chi connectivity index (χ0n) is 13.2. The number of fused-ring (bicyclic) bond motifs is 1. The molecule has 0 amide bonds. The maximum absolute atomic E-state index is 2.26. The molecule has 0 aromatic heterocycles. The lowest BCUT2D eigenvalue weighted by Gasteiger charge is -2.15. The molecule has 0 bridgehead atoms. The van der Waals surface area contributed by atoms with Crippen LogP contribution in [-0.4, -0.2) is 0 Å². The van der Waals surface area contributed by atoms with Gasteiger partial charge in [-0.05, 0) is 45.5 Å². The van der Waals surface area contributed by atoms with Crippen LogP contribution in [0.25, 0.3) is 33.0 Å². The average Bonchev–Trinajstić information content (AvgIpc) is 2.62. The summed E-state index contributed by atoms with van der Waals surface area (Å²) in [6.45, 7) is 2.18. The molecule has 4 aromatic carbocycles. The van der Waals surface area contributed by atoms with E-state index < -0.39 is 0 Å². The van der Waals surface area contributed by atoms with Crippen molar-refractivity contribution in [3.05, 3.63) is 96.6 Å². The minimum atomic E-state index is 1.26. The van der Waals surface area contributed by atoms with E-state index >= 15 is 0 Å². The molecule has 0 saturated carbocycles. The standard InChI is InChI=1S/C23H18/c1-17-9-8-14-22-20(17)15-16-21(18-10-4-2-5-11-18)23(22)19-12-6-3-7-13-19/h2-16H,1H3. The number of hydrogen-bond acceptors (Lipinski definition) is 0. The largest absolute Gasteiger partial charge is 0.0622 e. The third kappa shape index (κ3) is 2.43. The molecule has 0 radical (unpaired) electrons. The second kappa shape index (κ2) is 5.73. The zero-order chi connectivity index (χ0) is 15.6. The molecule has 0 spiro atoms. The Kier molecular flexibility index (Phi) is 3.44. The van der Waals surface area contributed by atoms with Crippen LogP contribution in [0.15, 0.2) is 91.0 Å². The molecule has 110 valence electrons. The van der Waals surface area contributed by atoms with Gasteiger partial charge in [-0.2, -0.15) is 0 Å². The van der Waals surface area contributed by atoms with E-state index in [9.17, 15) is 0 Å². The Bertz CT molecular complexity index is 951. The van der Waals surface area contributed by atoms with Crippen molar-refractivity contribution in [2.45, 2.75) is 6.92 Å². The van der Waals surface area contributed by atoms with E-state index in [4.69, 9.17) is 0 Å². The van der Waals surface area contributed by atoms with Crippen LogP contribution in [0.4, 0.5) is 0 Å². The summed E-state index contributed by atoms with van der Waals surface area (Å²) in [5, 5.41) is 2.64. The summed E-state index contributed by atoms with van der Waals surface area (Å²) in [4.78, 5) is 0. The highest BCUT2D eigenvalue weighted by molar-refractivity contribution is 6.05. The molecule has 0 heterocycles. The van der Waals surface area contributed by atoms with Crippen molar-refractivity contribution in [3.63, 3.8) is 0 Å². The summed E-state index contributed by atoms with van der Waals surface area (Å²) >= 11 is 0. The summed E-state index contributed by atoms with van der Waals surface area (Å²) in [6.07, 6.45) is 0. The first-order valence-corrected chi connectivity index (χ1v) is 7.98. The third-order valence-electron chi connectivity index (χ3n) is 4.43. The Morgan fingerprint density at radius 3 is 1.83 bits per heavy atom. The fourth-order valence-corrected chi connectivity index (χ4v) is 3.29. The molecule has 0 N–H and O–H groups in total. The van der Waals surface area contributed by atoms with Gasteiger partial charge in [0.1, 0.15) is 0 Å². The first-order chi connectivity index (χ1) is 11.3. The molecule has 0 fully saturated rings. The lowest BCUT2D eigenvalue weighted by atomic mass is 9.89. The van der Waals surface area contributed by atoms with Crippen molar-refractivity contribution in [1.29, 1.82) is 0 Å². The highest BCUT2D eigenvalue weighted by Gasteiger charge is 2.12. The van der Waals surface area contributed by atoms with Gasteiger partial charge in [-0.15, -0.1) is 0 Å². The van der Waals surface area contributed by atoms with Gasteiger partial charge in [0.2, 0.25) is 0 Å². The summed E-state index contributed by atoms with van der Waals surface area (Å²) in [5.74, 6) is 0. The van der Waals surface area contributed by atoms with Crippen molar-refractivity contribution >= 4 is 10.8 Å². The van der Waals surface area contributed by atoms with Crippen LogP contribution in [0, 0.1) is 6.92 Å². The molecule has 0 atom stereocenters. The fourth-order valence-electron chi connectivity index (χ4n) is 3.29. The molecule has 4 rings (SSSR count). The van der Waals surface area contributed by atoms with Gasteiger partial charge in [-0.3, -0.25) is 0 Å². The number of hydrogen-bond donors (Lipinski definition) is 0. The predicted octanol–water partition coefficient (Wildman–Crippen LogP) is 6.48. The Balaban J connectivity index is 2.12. The predicted molar refractivity (Wildman–Crippen MR) is 99.6 cm³/mol. The monoisotopic (exact) mass is 294 g/mol. The molecule has 23 heavy (non-hydrogen) atoms. The molecule has 0 aliphatic heterocycles. The fraction of sp³-hybridized carbons (Fsp3) is 0.0435. The van der Waals surface area contributed by atoms with Gasteiger partial charge >= 0.3 is 0 Å². The van der Waals surface area contributed by atoms with Crippen molar-refractivity contribution in [1.82, 2.24) is 0 Å². The molecule has 0 nitrogen and oxygen atoms in total. The van der Waals surface area contributed by atoms with Crippen LogP contribution in [0.5, 0.6) is 0 Å². The normalized spacial score (nSPS) is 10.8. The zero-order valence-corrected chi connectivity index (χ0v) is 13.2. The van der Waals surface area contributed by atoms with E-state index in [-0.39, 0.29) is 0 Å². The van der Waals surface area contributed by atoms with Gasteiger partial charge in [-0.25, -0.2) is 0 Å². The van der Waals surface area contributed by atoms with E-state index in [0.717, 1.165) is 0 Å². The minimum Gasteiger partial charge on any atom is -0.0622 e. The third-order valence-corrected chi connectivity index (χ3v) is 4.43. The summed E-state index contributed by atoms with van der Waals surface area (Å²) in [5.41, 5.74) is 6.45. The Labute approximate surface area is 137 Å². The van der Waals surface area contributed by atoms with E-state index in [1.807, 2.05) is 0 Å². The van der Waals surface area contributed by atoms with Crippen LogP contribution in [0.3, 0.4) is 0 Å². The summed E-state index contributed by atoms with van der Waals surface area (Å²) < 4.78 is 0. The smallest absolute Gasteiger partial charge is 0.00267 e. The van der Waals surface area contributed by atoms with Crippen LogP contribution in [0.2, 0.25) is 0 Å². The highest BCUT2D eigenvalue weighted by Crippen LogP contribution is 2.38. The van der Waals surface area contributed by atoms with E-state index in [1.165, 1.54) is 38.6 Å². The van der Waals surface area contributed by atoms with Crippen LogP contribution in [-0.2, 0) is 0 Å². The molecule has 4 aromatic rings.